The van der Waals surface area contributed by atoms with Crippen molar-refractivity contribution in [2.45, 2.75) is 6.42 Å². The molecule has 1 aromatic carbocycles. The molecule has 4 nitrogen and oxygen atoms in total. The van der Waals surface area contributed by atoms with Gasteiger partial charge < -0.3 is 14.3 Å². The lowest BCUT2D eigenvalue weighted by atomic mass is 10.1. The Morgan fingerprint density at radius 3 is 2.80 bits per heavy atom. The highest BCUT2D eigenvalue weighted by Gasteiger charge is 2.07. The molecule has 1 N–H and O–H groups in total. The smallest absolute Gasteiger partial charge is 0.336 e. The Morgan fingerprint density at radius 2 is 2.07 bits per heavy atom. The third kappa shape index (κ3) is 1.61. The second-order valence-corrected chi connectivity index (χ2v) is 3.10. The van der Waals surface area contributed by atoms with Crippen LogP contribution in [0.25, 0.3) is 11.0 Å². The molecular weight excluding hydrogens is 196 g/mol. The van der Waals surface area contributed by atoms with Crippen LogP contribution in [0.2, 0.25) is 0 Å². The number of aldehydes is 1. The van der Waals surface area contributed by atoms with E-state index >= 15 is 0 Å². The summed E-state index contributed by atoms with van der Waals surface area (Å²) in [6.45, 7) is 0. The summed E-state index contributed by atoms with van der Waals surface area (Å²) in [4.78, 5) is 21.4. The van der Waals surface area contributed by atoms with Gasteiger partial charge in [-0.1, -0.05) is 0 Å². The van der Waals surface area contributed by atoms with Crippen LogP contribution in [0.3, 0.4) is 0 Å². The molecule has 0 radical (unpaired) electrons. The minimum absolute atomic E-state index is 0.0310. The average Bonchev–Trinajstić information content (AvgIpc) is 2.22. The maximum absolute atomic E-state index is 10.9. The van der Waals surface area contributed by atoms with Crippen molar-refractivity contribution < 1.29 is 14.3 Å². The molecular formula is C11H8O4. The summed E-state index contributed by atoms with van der Waals surface area (Å²) in [6, 6.07) is 5.71. The van der Waals surface area contributed by atoms with Gasteiger partial charge in [-0.25, -0.2) is 4.79 Å². The lowest BCUT2D eigenvalue weighted by molar-refractivity contribution is -0.107. The molecule has 0 saturated carbocycles. The Balaban J connectivity index is 2.81. The summed E-state index contributed by atoms with van der Waals surface area (Å²) in [5, 5.41) is 10.1. The van der Waals surface area contributed by atoms with Gasteiger partial charge in [-0.3, -0.25) is 0 Å². The predicted molar refractivity (Wildman–Crippen MR) is 53.9 cm³/mol. The monoisotopic (exact) mass is 204 g/mol. The van der Waals surface area contributed by atoms with E-state index in [2.05, 4.69) is 0 Å². The fraction of sp³-hybridized carbons (Fsp3) is 0.0909. The quantitative estimate of drug-likeness (QED) is 0.590. The molecule has 0 fully saturated rings. The van der Waals surface area contributed by atoms with E-state index in [-0.39, 0.29) is 12.2 Å². The first-order valence-corrected chi connectivity index (χ1v) is 4.40. The third-order valence-electron chi connectivity index (χ3n) is 2.18. The Hall–Kier alpha value is -2.10. The number of benzene rings is 1. The maximum atomic E-state index is 10.9. The first kappa shape index (κ1) is 9.45. The molecule has 0 bridgehead atoms. The number of hydrogen-bond acceptors (Lipinski definition) is 4. The lowest BCUT2D eigenvalue weighted by Gasteiger charge is -2.04. The van der Waals surface area contributed by atoms with Crippen LogP contribution in [0.15, 0.2) is 33.5 Å². The number of phenolic OH excluding ortho intramolecular Hbond substituents is 1. The van der Waals surface area contributed by atoms with Crippen molar-refractivity contribution in [3.05, 3.63) is 40.2 Å². The number of hydrogen-bond donors (Lipinski definition) is 1. The molecule has 2 aromatic rings. The van der Waals surface area contributed by atoms with Gasteiger partial charge in [0.25, 0.3) is 0 Å². The predicted octanol–water partition coefficient (Wildman–Crippen LogP) is 1.24. The number of carbonyl (C=O) groups excluding carboxylic acids is 1. The van der Waals surface area contributed by atoms with Crippen LogP contribution >= 0.6 is 0 Å². The van der Waals surface area contributed by atoms with Crippen LogP contribution in [0.4, 0.5) is 0 Å². The molecule has 15 heavy (non-hydrogen) atoms. The van der Waals surface area contributed by atoms with Gasteiger partial charge in [0.05, 0.1) is 0 Å². The highest BCUT2D eigenvalue weighted by Crippen LogP contribution is 2.25. The topological polar surface area (TPSA) is 67.5 Å². The van der Waals surface area contributed by atoms with Gasteiger partial charge in [-0.05, 0) is 18.2 Å². The van der Waals surface area contributed by atoms with Crippen LogP contribution in [-0.2, 0) is 11.2 Å². The summed E-state index contributed by atoms with van der Waals surface area (Å²) in [5.74, 6) is 0.0310. The Morgan fingerprint density at radius 1 is 1.27 bits per heavy atom. The summed E-state index contributed by atoms with van der Waals surface area (Å²) < 4.78 is 4.92. The molecule has 0 amide bonds. The number of phenols is 1. The van der Waals surface area contributed by atoms with E-state index in [1.807, 2.05) is 0 Å². The van der Waals surface area contributed by atoms with Crippen molar-refractivity contribution in [2.75, 3.05) is 0 Å². The molecule has 2 rings (SSSR count). The second-order valence-electron chi connectivity index (χ2n) is 3.10. The zero-order valence-electron chi connectivity index (χ0n) is 7.77. The first-order valence-electron chi connectivity index (χ1n) is 4.40. The number of aromatic hydroxyl groups is 1. The molecule has 0 atom stereocenters. The van der Waals surface area contributed by atoms with Crippen molar-refractivity contribution in [1.29, 1.82) is 0 Å². The molecule has 1 heterocycles. The largest absolute Gasteiger partial charge is 0.508 e. The fourth-order valence-electron chi connectivity index (χ4n) is 1.50. The van der Waals surface area contributed by atoms with Crippen molar-refractivity contribution in [1.82, 2.24) is 0 Å². The van der Waals surface area contributed by atoms with E-state index < -0.39 is 5.63 Å². The van der Waals surface area contributed by atoms with Gasteiger partial charge in [0.15, 0.2) is 0 Å². The minimum atomic E-state index is -0.453. The number of rotatable bonds is 2. The van der Waals surface area contributed by atoms with E-state index in [1.54, 1.807) is 6.07 Å². The highest BCUT2D eigenvalue weighted by atomic mass is 16.4. The lowest BCUT2D eigenvalue weighted by Crippen LogP contribution is -1.97. The standard InChI is InChI=1S/C11H8O4/c12-6-5-7-8-1-4-11(14)15-10(8)3-2-9(7)13/h1-4,6,13H,5H2. The molecule has 1 aromatic heterocycles. The summed E-state index contributed by atoms with van der Waals surface area (Å²) >= 11 is 0. The van der Waals surface area contributed by atoms with Crippen molar-refractivity contribution >= 4 is 17.3 Å². The van der Waals surface area contributed by atoms with Gasteiger partial charge >= 0.3 is 5.63 Å². The molecule has 0 saturated heterocycles. The van der Waals surface area contributed by atoms with Crippen LogP contribution < -0.4 is 5.63 Å². The van der Waals surface area contributed by atoms with Crippen molar-refractivity contribution in [2.24, 2.45) is 0 Å². The average molecular weight is 204 g/mol. The molecule has 0 aliphatic carbocycles. The molecule has 4 heteroatoms. The molecule has 0 unspecified atom stereocenters. The fourth-order valence-corrected chi connectivity index (χ4v) is 1.50. The second kappa shape index (κ2) is 3.57. The van der Waals surface area contributed by atoms with Gasteiger partial charge in [0.1, 0.15) is 17.6 Å². The van der Waals surface area contributed by atoms with Crippen molar-refractivity contribution in [3.63, 3.8) is 0 Å². The molecule has 0 aliphatic heterocycles. The van der Waals surface area contributed by atoms with E-state index in [9.17, 15) is 14.7 Å². The normalized spacial score (nSPS) is 10.4. The molecule has 0 aliphatic rings. The summed E-state index contributed by atoms with van der Waals surface area (Å²) in [6.07, 6.45) is 0.788. The highest BCUT2D eigenvalue weighted by molar-refractivity contribution is 5.84. The van der Waals surface area contributed by atoms with Crippen molar-refractivity contribution in [3.8, 4) is 5.75 Å². The first-order chi connectivity index (χ1) is 7.22. The van der Waals surface area contributed by atoms with E-state index in [0.29, 0.717) is 22.8 Å². The van der Waals surface area contributed by atoms with E-state index in [0.717, 1.165) is 0 Å². The summed E-state index contributed by atoms with van der Waals surface area (Å²) in [5.41, 5.74) is 0.397. The maximum Gasteiger partial charge on any atom is 0.336 e. The van der Waals surface area contributed by atoms with Crippen LogP contribution in [0, 0.1) is 0 Å². The Labute approximate surface area is 84.8 Å². The Kier molecular flexibility index (Phi) is 2.25. The molecule has 0 spiro atoms. The summed E-state index contributed by atoms with van der Waals surface area (Å²) in [7, 11) is 0. The van der Waals surface area contributed by atoms with Crippen LogP contribution in [0.5, 0.6) is 5.75 Å². The zero-order valence-corrected chi connectivity index (χ0v) is 7.77. The van der Waals surface area contributed by atoms with Gasteiger partial charge in [-0.2, -0.15) is 0 Å². The van der Waals surface area contributed by atoms with Gasteiger partial charge in [0.2, 0.25) is 0 Å². The van der Waals surface area contributed by atoms with E-state index in [4.69, 9.17) is 4.42 Å². The number of fused-ring (bicyclic) bond motifs is 1. The third-order valence-corrected chi connectivity index (χ3v) is 2.18. The zero-order chi connectivity index (χ0) is 10.8. The minimum Gasteiger partial charge on any atom is -0.508 e. The molecule has 76 valence electrons. The van der Waals surface area contributed by atoms with Crippen LogP contribution in [-0.4, -0.2) is 11.4 Å². The van der Waals surface area contributed by atoms with Gasteiger partial charge in [-0.15, -0.1) is 0 Å². The number of carbonyl (C=O) groups is 1. The van der Waals surface area contributed by atoms with Crippen LogP contribution in [0.1, 0.15) is 5.56 Å². The van der Waals surface area contributed by atoms with Gasteiger partial charge in [0, 0.05) is 23.4 Å². The Bertz CT molecular complexity index is 568. The van der Waals surface area contributed by atoms with E-state index in [1.165, 1.54) is 18.2 Å². The SMILES string of the molecule is O=CCc1c(O)ccc2oc(=O)ccc12.